The summed E-state index contributed by atoms with van der Waals surface area (Å²) in [5.41, 5.74) is 1.58. The number of hydrogen-bond acceptors (Lipinski definition) is 3. The fourth-order valence-electron chi connectivity index (χ4n) is 4.54. The molecular weight excluding hydrogens is 278 g/mol. The van der Waals surface area contributed by atoms with Gasteiger partial charge in [0, 0.05) is 32.0 Å². The summed E-state index contributed by atoms with van der Waals surface area (Å²) in [7, 11) is 0. The quantitative estimate of drug-likeness (QED) is 0.934. The van der Waals surface area contributed by atoms with Crippen LogP contribution >= 0.6 is 0 Å². The maximum absolute atomic E-state index is 12.5. The van der Waals surface area contributed by atoms with Crippen LogP contribution in [0, 0.1) is 19.3 Å². The third kappa shape index (κ3) is 2.40. The van der Waals surface area contributed by atoms with E-state index in [0.717, 1.165) is 17.9 Å². The molecule has 0 radical (unpaired) electrons. The highest BCUT2D eigenvalue weighted by molar-refractivity contribution is 5.75. The number of carbonyl (C=O) groups excluding carboxylic acids is 1. The average molecular weight is 303 g/mol. The maximum Gasteiger partial charge on any atom is 0.317 e. The molecule has 1 spiro atoms. The smallest absolute Gasteiger partial charge is 0.317 e. The van der Waals surface area contributed by atoms with Crippen molar-refractivity contribution < 1.29 is 9.21 Å². The predicted octanol–water partition coefficient (Wildman–Crippen LogP) is 2.95. The topological polar surface area (TPSA) is 58.4 Å². The van der Waals surface area contributed by atoms with Gasteiger partial charge < -0.3 is 14.6 Å². The average Bonchev–Trinajstić information content (AvgIpc) is 3.04. The Kier molecular flexibility index (Phi) is 3.20. The molecule has 2 bridgehead atoms. The largest absolute Gasteiger partial charge is 0.446 e. The van der Waals surface area contributed by atoms with Gasteiger partial charge in [0.1, 0.15) is 5.76 Å². The van der Waals surface area contributed by atoms with Crippen LogP contribution in [0.25, 0.3) is 0 Å². The minimum Gasteiger partial charge on any atom is -0.446 e. The van der Waals surface area contributed by atoms with Crippen molar-refractivity contribution in [3.05, 3.63) is 17.3 Å². The number of nitrogens with zero attached hydrogens (tertiary/aromatic N) is 2. The highest BCUT2D eigenvalue weighted by Crippen LogP contribution is 2.59. The molecule has 5 heteroatoms. The van der Waals surface area contributed by atoms with Crippen LogP contribution in [-0.2, 0) is 6.42 Å². The van der Waals surface area contributed by atoms with Crippen LogP contribution in [0.4, 0.5) is 4.79 Å². The Balaban J connectivity index is 1.32. The minimum absolute atomic E-state index is 0.126. The van der Waals surface area contributed by atoms with E-state index in [4.69, 9.17) is 4.42 Å². The van der Waals surface area contributed by atoms with Gasteiger partial charge in [0.25, 0.3) is 0 Å². The van der Waals surface area contributed by atoms with E-state index in [1.54, 1.807) is 0 Å². The van der Waals surface area contributed by atoms with Crippen molar-refractivity contribution in [1.29, 1.82) is 0 Å². The first-order chi connectivity index (χ1) is 10.6. The molecule has 3 fully saturated rings. The minimum atomic E-state index is 0.126. The summed E-state index contributed by atoms with van der Waals surface area (Å²) < 4.78 is 5.43. The monoisotopic (exact) mass is 303 g/mol. The molecule has 2 amide bonds. The first kappa shape index (κ1) is 14.1. The molecule has 1 aliphatic carbocycles. The number of urea groups is 1. The fraction of sp³-hybridized carbons (Fsp3) is 0.765. The number of amides is 2. The van der Waals surface area contributed by atoms with E-state index < -0.39 is 0 Å². The zero-order chi connectivity index (χ0) is 15.3. The van der Waals surface area contributed by atoms with E-state index in [1.165, 1.54) is 38.5 Å². The van der Waals surface area contributed by atoms with Crippen molar-refractivity contribution in [2.45, 2.75) is 70.9 Å². The van der Waals surface area contributed by atoms with Crippen LogP contribution in [0.3, 0.4) is 0 Å². The molecule has 2 saturated heterocycles. The number of oxazole rings is 1. The van der Waals surface area contributed by atoms with Gasteiger partial charge in [-0.3, -0.25) is 0 Å². The Hall–Kier alpha value is -1.52. The number of carbonyl (C=O) groups is 1. The Bertz CT molecular complexity index is 575. The zero-order valence-corrected chi connectivity index (χ0v) is 13.5. The molecule has 3 aliphatic rings. The molecule has 3 heterocycles. The van der Waals surface area contributed by atoms with Crippen molar-refractivity contribution in [3.8, 4) is 0 Å². The number of aromatic nitrogens is 1. The third-order valence-electron chi connectivity index (χ3n) is 5.79. The Morgan fingerprint density at radius 3 is 2.55 bits per heavy atom. The van der Waals surface area contributed by atoms with Gasteiger partial charge in [0.15, 0.2) is 5.89 Å². The van der Waals surface area contributed by atoms with Gasteiger partial charge in [0.05, 0.1) is 5.69 Å². The van der Waals surface area contributed by atoms with E-state index in [2.05, 4.69) is 15.2 Å². The molecule has 1 aromatic heterocycles. The van der Waals surface area contributed by atoms with E-state index >= 15 is 0 Å². The molecular formula is C17H25N3O2. The lowest BCUT2D eigenvalue weighted by Gasteiger charge is -2.39. The molecule has 2 aliphatic heterocycles. The summed E-state index contributed by atoms with van der Waals surface area (Å²) in [5.74, 6) is 1.56. The molecule has 1 saturated carbocycles. The first-order valence-corrected chi connectivity index (χ1v) is 8.55. The van der Waals surface area contributed by atoms with Gasteiger partial charge in [-0.25, -0.2) is 9.78 Å². The van der Waals surface area contributed by atoms with E-state index in [-0.39, 0.29) is 6.03 Å². The van der Waals surface area contributed by atoms with E-state index in [9.17, 15) is 4.79 Å². The summed E-state index contributed by atoms with van der Waals surface area (Å²) >= 11 is 0. The number of aryl methyl sites for hydroxylation is 2. The molecule has 5 nitrogen and oxygen atoms in total. The Morgan fingerprint density at radius 2 is 2.00 bits per heavy atom. The number of piperidine rings is 1. The summed E-state index contributed by atoms with van der Waals surface area (Å²) in [6.45, 7) is 4.41. The normalized spacial score (nSPS) is 28.2. The van der Waals surface area contributed by atoms with Crippen molar-refractivity contribution >= 4 is 6.03 Å². The van der Waals surface area contributed by atoms with Gasteiger partial charge in [-0.2, -0.15) is 0 Å². The number of nitrogens with one attached hydrogen (secondary N) is 1. The second-order valence-electron chi connectivity index (χ2n) is 7.42. The molecule has 120 valence electrons. The Labute approximate surface area is 131 Å². The van der Waals surface area contributed by atoms with Crippen molar-refractivity contribution in [2.24, 2.45) is 5.41 Å². The SMILES string of the molecule is Cc1nc(CCNC(=O)N2C3CCC2CC2(CC2)C3)c(C)o1. The lowest BCUT2D eigenvalue weighted by molar-refractivity contribution is 0.114. The Morgan fingerprint density at radius 1 is 1.32 bits per heavy atom. The molecule has 22 heavy (non-hydrogen) atoms. The lowest BCUT2D eigenvalue weighted by Crippen LogP contribution is -2.51. The summed E-state index contributed by atoms with van der Waals surface area (Å²) in [6, 6.07) is 1.09. The van der Waals surface area contributed by atoms with Crippen LogP contribution < -0.4 is 5.32 Å². The van der Waals surface area contributed by atoms with Crippen molar-refractivity contribution in [2.75, 3.05) is 6.54 Å². The third-order valence-corrected chi connectivity index (χ3v) is 5.79. The predicted molar refractivity (Wildman–Crippen MR) is 82.6 cm³/mol. The second kappa shape index (κ2) is 5.00. The summed E-state index contributed by atoms with van der Waals surface area (Å²) in [6.07, 6.45) is 8.38. The van der Waals surface area contributed by atoms with Gasteiger partial charge in [-0.05, 0) is 50.9 Å². The molecule has 1 aromatic rings. The van der Waals surface area contributed by atoms with Crippen molar-refractivity contribution in [3.63, 3.8) is 0 Å². The summed E-state index contributed by atoms with van der Waals surface area (Å²) in [4.78, 5) is 19.0. The van der Waals surface area contributed by atoms with Gasteiger partial charge in [0.2, 0.25) is 0 Å². The standard InChI is InChI=1S/C17H25N3O2/c1-11-15(19-12(2)22-11)5-8-18-16(21)20-13-3-4-14(20)10-17(9-13)6-7-17/h13-14H,3-10H2,1-2H3,(H,18,21). The molecule has 2 atom stereocenters. The van der Waals surface area contributed by atoms with Crippen LogP contribution in [0.15, 0.2) is 4.42 Å². The van der Waals surface area contributed by atoms with Crippen LogP contribution in [0.5, 0.6) is 0 Å². The number of hydrogen-bond donors (Lipinski definition) is 1. The highest BCUT2D eigenvalue weighted by Gasteiger charge is 2.55. The van der Waals surface area contributed by atoms with E-state index in [1.807, 2.05) is 13.8 Å². The number of fused-ring (bicyclic) bond motifs is 2. The van der Waals surface area contributed by atoms with Crippen molar-refractivity contribution in [1.82, 2.24) is 15.2 Å². The molecule has 2 unspecified atom stereocenters. The number of rotatable bonds is 3. The molecule has 1 N–H and O–H groups in total. The van der Waals surface area contributed by atoms with E-state index in [0.29, 0.717) is 29.9 Å². The fourth-order valence-corrected chi connectivity index (χ4v) is 4.54. The molecule has 4 rings (SSSR count). The van der Waals surface area contributed by atoms with Gasteiger partial charge in [-0.15, -0.1) is 0 Å². The second-order valence-corrected chi connectivity index (χ2v) is 7.42. The molecule has 0 aromatic carbocycles. The lowest BCUT2D eigenvalue weighted by atomic mass is 9.88. The first-order valence-electron chi connectivity index (χ1n) is 8.55. The van der Waals surface area contributed by atoms with Crippen LogP contribution in [-0.4, -0.2) is 34.5 Å². The summed E-state index contributed by atoms with van der Waals surface area (Å²) in [5, 5.41) is 3.09. The maximum atomic E-state index is 12.5. The van der Waals surface area contributed by atoms with Gasteiger partial charge >= 0.3 is 6.03 Å². The van der Waals surface area contributed by atoms with Gasteiger partial charge in [-0.1, -0.05) is 0 Å². The highest BCUT2D eigenvalue weighted by atomic mass is 16.4. The van der Waals surface area contributed by atoms with Crippen LogP contribution in [0.1, 0.15) is 55.9 Å². The zero-order valence-electron chi connectivity index (χ0n) is 13.5. The van der Waals surface area contributed by atoms with Crippen LogP contribution in [0.2, 0.25) is 0 Å².